The third-order valence-corrected chi connectivity index (χ3v) is 1.71. The van der Waals surface area contributed by atoms with Crippen LogP contribution in [-0.4, -0.2) is 37.6 Å². The van der Waals surface area contributed by atoms with Gasteiger partial charge in [-0.05, 0) is 5.53 Å². The normalized spacial score (nSPS) is 31.8. The lowest BCUT2D eigenvalue weighted by Crippen LogP contribution is -2.32. The molecule has 1 aliphatic heterocycles. The fourth-order valence-corrected chi connectivity index (χ4v) is 1.13. The van der Waals surface area contributed by atoms with Crippen molar-refractivity contribution in [2.45, 2.75) is 18.2 Å². The minimum Gasteiger partial charge on any atom is -0.461 e. The molecule has 1 aliphatic rings. The minimum atomic E-state index is -0.833. The van der Waals surface area contributed by atoms with Gasteiger partial charge < -0.3 is 14.3 Å². The summed E-state index contributed by atoms with van der Waals surface area (Å²) in [6, 6.07) is -0.620. The Labute approximate surface area is 73.2 Å². The molecule has 3 atom stereocenters. The molecule has 0 bridgehead atoms. The molecule has 7 heteroatoms. The number of nitrogens with zero attached hydrogens (tertiary/aromatic N) is 3. The van der Waals surface area contributed by atoms with E-state index in [9.17, 15) is 9.59 Å². The van der Waals surface area contributed by atoms with Crippen molar-refractivity contribution in [1.82, 2.24) is 0 Å². The molecule has 0 saturated carbocycles. The topological polar surface area (TPSA) is 101 Å². The Hall–Kier alpha value is -1.59. The Balaban J connectivity index is 2.70. The highest BCUT2D eigenvalue weighted by atomic mass is 16.6. The number of azide groups is 1. The van der Waals surface area contributed by atoms with E-state index in [1.165, 1.54) is 0 Å². The molecule has 13 heavy (non-hydrogen) atoms. The highest BCUT2D eigenvalue weighted by Crippen LogP contribution is 2.18. The van der Waals surface area contributed by atoms with E-state index in [4.69, 9.17) is 10.3 Å². The molecule has 0 radical (unpaired) electrons. The summed E-state index contributed by atoms with van der Waals surface area (Å²) in [5.41, 5.74) is 8.14. The Morgan fingerprint density at radius 3 is 2.92 bits per heavy atom. The third-order valence-electron chi connectivity index (χ3n) is 1.71. The summed E-state index contributed by atoms with van der Waals surface area (Å²) in [5, 5.41) is 3.33. The van der Waals surface area contributed by atoms with Crippen molar-refractivity contribution in [3.63, 3.8) is 0 Å². The van der Waals surface area contributed by atoms with Gasteiger partial charge in [-0.3, -0.25) is 4.79 Å². The van der Waals surface area contributed by atoms with Crippen molar-refractivity contribution in [2.24, 2.45) is 5.11 Å². The summed E-state index contributed by atoms with van der Waals surface area (Å²) in [4.78, 5) is 23.0. The standard InChI is InChI=1S/C6H7N3O4/c7-9-8-4-2-12-5(1-10)6(4)13-3-11/h1,3-6H,2H2/t4-,5-,6-/m1/s1. The Morgan fingerprint density at radius 2 is 2.38 bits per heavy atom. The SMILES string of the molecule is [N-]=[N+]=N[C@@H]1CO[C@H](C=O)[C@@H]1OC=O. The molecule has 1 fully saturated rings. The number of hydrogen-bond acceptors (Lipinski definition) is 5. The first kappa shape index (κ1) is 9.50. The quantitative estimate of drug-likeness (QED) is 0.262. The van der Waals surface area contributed by atoms with Gasteiger partial charge in [0.05, 0.1) is 6.61 Å². The van der Waals surface area contributed by atoms with Gasteiger partial charge in [-0.15, -0.1) is 0 Å². The van der Waals surface area contributed by atoms with Crippen LogP contribution in [0.5, 0.6) is 0 Å². The number of carbonyl (C=O) groups excluding carboxylic acids is 2. The molecule has 0 aromatic carbocycles. The minimum absolute atomic E-state index is 0.0893. The monoisotopic (exact) mass is 185 g/mol. The second-order valence-corrected chi connectivity index (χ2v) is 2.40. The van der Waals surface area contributed by atoms with Crippen LogP contribution in [0, 0.1) is 0 Å². The molecule has 0 aliphatic carbocycles. The molecule has 0 spiro atoms. The van der Waals surface area contributed by atoms with Gasteiger partial charge in [0.2, 0.25) is 0 Å². The van der Waals surface area contributed by atoms with Gasteiger partial charge >= 0.3 is 0 Å². The Kier molecular flexibility index (Phi) is 3.24. The van der Waals surface area contributed by atoms with Crippen molar-refractivity contribution < 1.29 is 19.1 Å². The molecule has 7 nitrogen and oxygen atoms in total. The molecular weight excluding hydrogens is 178 g/mol. The maximum Gasteiger partial charge on any atom is 0.293 e. The van der Waals surface area contributed by atoms with Gasteiger partial charge in [0, 0.05) is 4.91 Å². The maximum atomic E-state index is 10.4. The van der Waals surface area contributed by atoms with Gasteiger partial charge in [0.25, 0.3) is 6.47 Å². The highest BCUT2D eigenvalue weighted by molar-refractivity contribution is 5.59. The molecular formula is C6H7N3O4. The van der Waals surface area contributed by atoms with Gasteiger partial charge in [0.1, 0.15) is 18.2 Å². The van der Waals surface area contributed by atoms with E-state index in [0.717, 1.165) is 0 Å². The molecule has 0 N–H and O–H groups in total. The van der Waals surface area contributed by atoms with E-state index < -0.39 is 18.2 Å². The predicted molar refractivity (Wildman–Crippen MR) is 39.7 cm³/mol. The van der Waals surface area contributed by atoms with Crippen molar-refractivity contribution in [3.8, 4) is 0 Å². The smallest absolute Gasteiger partial charge is 0.293 e. The van der Waals surface area contributed by atoms with E-state index in [2.05, 4.69) is 14.8 Å². The van der Waals surface area contributed by atoms with Gasteiger partial charge in [-0.1, -0.05) is 5.11 Å². The van der Waals surface area contributed by atoms with E-state index in [1.54, 1.807) is 0 Å². The molecule has 0 amide bonds. The van der Waals surface area contributed by atoms with Crippen LogP contribution in [0.1, 0.15) is 0 Å². The van der Waals surface area contributed by atoms with E-state index in [1.807, 2.05) is 0 Å². The largest absolute Gasteiger partial charge is 0.461 e. The summed E-state index contributed by atoms with van der Waals surface area (Å²) in [7, 11) is 0. The van der Waals surface area contributed by atoms with Crippen molar-refractivity contribution in [2.75, 3.05) is 6.61 Å². The van der Waals surface area contributed by atoms with Crippen molar-refractivity contribution in [1.29, 1.82) is 0 Å². The van der Waals surface area contributed by atoms with Gasteiger partial charge in [0.15, 0.2) is 6.29 Å². The summed E-state index contributed by atoms with van der Waals surface area (Å²) in [6.07, 6.45) is -1.12. The highest BCUT2D eigenvalue weighted by Gasteiger charge is 2.38. The summed E-state index contributed by atoms with van der Waals surface area (Å²) in [6.45, 7) is 0.293. The van der Waals surface area contributed by atoms with Crippen molar-refractivity contribution in [3.05, 3.63) is 10.4 Å². The van der Waals surface area contributed by atoms with Crippen LogP contribution in [0.4, 0.5) is 0 Å². The second-order valence-electron chi connectivity index (χ2n) is 2.40. The molecule has 0 aromatic heterocycles. The van der Waals surface area contributed by atoms with Crippen molar-refractivity contribution >= 4 is 12.8 Å². The average Bonchev–Trinajstić information content (AvgIpc) is 2.50. The molecule has 0 unspecified atom stereocenters. The zero-order chi connectivity index (χ0) is 9.68. The van der Waals surface area contributed by atoms with Gasteiger partial charge in [-0.25, -0.2) is 0 Å². The predicted octanol–water partition coefficient (Wildman–Crippen LogP) is -0.195. The number of rotatable bonds is 4. The second kappa shape index (κ2) is 4.44. The summed E-state index contributed by atoms with van der Waals surface area (Å²) in [5.74, 6) is 0. The van der Waals surface area contributed by atoms with Gasteiger partial charge in [-0.2, -0.15) is 0 Å². The first-order chi connectivity index (χ1) is 6.33. The summed E-state index contributed by atoms with van der Waals surface area (Å²) < 4.78 is 9.49. The molecule has 1 heterocycles. The zero-order valence-corrected chi connectivity index (χ0v) is 6.57. The fraction of sp³-hybridized carbons (Fsp3) is 0.667. The molecule has 1 saturated heterocycles. The number of aldehydes is 1. The Bertz CT molecular complexity index is 250. The lowest BCUT2D eigenvalue weighted by Gasteiger charge is -2.13. The molecule has 70 valence electrons. The summed E-state index contributed by atoms with van der Waals surface area (Å²) >= 11 is 0. The molecule has 1 rings (SSSR count). The van der Waals surface area contributed by atoms with Crippen LogP contribution in [0.2, 0.25) is 0 Å². The third kappa shape index (κ3) is 1.95. The van der Waals surface area contributed by atoms with Crippen LogP contribution in [0.25, 0.3) is 10.4 Å². The number of hydrogen-bond donors (Lipinski definition) is 0. The van der Waals surface area contributed by atoms with Crippen LogP contribution in [0.3, 0.4) is 0 Å². The average molecular weight is 185 g/mol. The van der Waals surface area contributed by atoms with Crippen LogP contribution in [-0.2, 0) is 19.1 Å². The fourth-order valence-electron chi connectivity index (χ4n) is 1.13. The van der Waals surface area contributed by atoms with Crippen LogP contribution in [0.15, 0.2) is 5.11 Å². The lowest BCUT2D eigenvalue weighted by molar-refractivity contribution is -0.138. The van der Waals surface area contributed by atoms with Crippen LogP contribution < -0.4 is 0 Å². The zero-order valence-electron chi connectivity index (χ0n) is 6.57. The lowest BCUT2D eigenvalue weighted by atomic mass is 10.1. The Morgan fingerprint density at radius 1 is 1.62 bits per heavy atom. The maximum absolute atomic E-state index is 10.4. The number of ether oxygens (including phenoxy) is 2. The van der Waals surface area contributed by atoms with E-state index in [-0.39, 0.29) is 13.1 Å². The molecule has 0 aromatic rings. The number of carbonyl (C=O) groups is 2. The van der Waals surface area contributed by atoms with E-state index >= 15 is 0 Å². The van der Waals surface area contributed by atoms with Crippen LogP contribution >= 0.6 is 0 Å². The van der Waals surface area contributed by atoms with E-state index in [0.29, 0.717) is 6.29 Å². The first-order valence-electron chi connectivity index (χ1n) is 3.53. The first-order valence-corrected chi connectivity index (χ1v) is 3.53.